The normalized spacial score (nSPS) is 12.4. The third-order valence-corrected chi connectivity index (χ3v) is 6.38. The highest BCUT2D eigenvalue weighted by atomic mass is 32.2. The Bertz CT molecular complexity index is 817. The number of para-hydroxylation sites is 1. The van der Waals surface area contributed by atoms with Crippen molar-refractivity contribution in [3.8, 4) is 0 Å². The molecular weight excluding hydrogens is 362 g/mol. The minimum Gasteiger partial charge on any atom is -0.354 e. The third kappa shape index (κ3) is 5.06. The van der Waals surface area contributed by atoms with Gasteiger partial charge in [-0.05, 0) is 38.2 Å². The monoisotopic (exact) mass is 385 g/mol. The van der Waals surface area contributed by atoms with E-state index >= 15 is 0 Å². The van der Waals surface area contributed by atoms with Gasteiger partial charge in [0.05, 0.1) is 22.8 Å². The first-order chi connectivity index (χ1) is 12.6. The number of fused-ring (bicyclic) bond motifs is 1. The maximum Gasteiger partial charge on any atom is 0.234 e. The van der Waals surface area contributed by atoms with Crippen molar-refractivity contribution < 1.29 is 4.79 Å². The molecule has 0 aliphatic heterocycles. The number of thioether (sulfide) groups is 1. The summed E-state index contributed by atoms with van der Waals surface area (Å²) in [4.78, 5) is 20.1. The van der Waals surface area contributed by atoms with E-state index in [2.05, 4.69) is 30.4 Å². The quantitative estimate of drug-likeness (QED) is 0.466. The summed E-state index contributed by atoms with van der Waals surface area (Å²) >= 11 is 3.44. The number of nitrogens with one attached hydrogen (secondary N) is 1. The molecule has 0 spiro atoms. The molecule has 0 unspecified atom stereocenters. The van der Waals surface area contributed by atoms with E-state index in [1.165, 1.54) is 9.60 Å². The largest absolute Gasteiger partial charge is 0.354 e. The predicted molar refractivity (Wildman–Crippen MR) is 111 cm³/mol. The van der Waals surface area contributed by atoms with Gasteiger partial charge < -0.3 is 5.32 Å². The van der Waals surface area contributed by atoms with Gasteiger partial charge in [0.25, 0.3) is 0 Å². The molecule has 3 rings (SSSR count). The number of carbonyl (C=O) groups excluding carboxylic acids is 1. The van der Waals surface area contributed by atoms with Gasteiger partial charge in [0, 0.05) is 17.2 Å². The first-order valence-electron chi connectivity index (χ1n) is 8.64. The molecule has 0 fully saturated rings. The Morgan fingerprint density at radius 2 is 1.92 bits per heavy atom. The highest BCUT2D eigenvalue weighted by Gasteiger charge is 2.18. The fraction of sp³-hybridized carbons (Fsp3) is 0.300. The summed E-state index contributed by atoms with van der Waals surface area (Å²) in [6.45, 7) is 3.13. The summed E-state index contributed by atoms with van der Waals surface area (Å²) in [6, 6.07) is 18.5. The van der Waals surface area contributed by atoms with Crippen LogP contribution in [0.25, 0.3) is 10.2 Å². The third-order valence-electron chi connectivity index (χ3n) is 4.16. The van der Waals surface area contributed by atoms with Gasteiger partial charge in [0.2, 0.25) is 5.91 Å². The Kier molecular flexibility index (Phi) is 6.66. The number of carbonyl (C=O) groups is 1. The van der Waals surface area contributed by atoms with E-state index in [1.54, 1.807) is 23.1 Å². The molecule has 1 heterocycles. The van der Waals surface area contributed by atoms with Crippen LogP contribution in [-0.2, 0) is 4.79 Å². The van der Waals surface area contributed by atoms with Crippen molar-refractivity contribution in [1.82, 2.24) is 15.2 Å². The summed E-state index contributed by atoms with van der Waals surface area (Å²) in [5.74, 6) is 0.918. The van der Waals surface area contributed by atoms with Crippen LogP contribution in [0.1, 0.15) is 18.0 Å². The number of rotatable bonds is 8. The minimum absolute atomic E-state index is 0.0501. The maximum absolute atomic E-state index is 12.2. The average Bonchev–Trinajstić information content (AvgIpc) is 3.09. The minimum atomic E-state index is 0.0501. The van der Waals surface area contributed by atoms with Crippen LogP contribution in [0.3, 0.4) is 0 Å². The SMILES string of the molecule is C[C@@H](c1nc2ccccc2s1)N(C)CC(=O)NCCSc1ccccc1. The van der Waals surface area contributed by atoms with Crippen molar-refractivity contribution in [3.63, 3.8) is 0 Å². The Balaban J connectivity index is 1.44. The van der Waals surface area contributed by atoms with Crippen LogP contribution >= 0.6 is 23.1 Å². The fourth-order valence-corrected chi connectivity index (χ4v) is 4.43. The number of thiazole rings is 1. The second-order valence-electron chi connectivity index (χ2n) is 6.12. The topological polar surface area (TPSA) is 45.2 Å². The number of aromatic nitrogens is 1. The smallest absolute Gasteiger partial charge is 0.234 e. The lowest BCUT2D eigenvalue weighted by Crippen LogP contribution is -2.37. The van der Waals surface area contributed by atoms with Gasteiger partial charge in [0.15, 0.2) is 0 Å². The molecule has 1 N–H and O–H groups in total. The molecular formula is C20H23N3OS2. The van der Waals surface area contributed by atoms with Crippen molar-refractivity contribution in [2.75, 3.05) is 25.9 Å². The molecule has 0 radical (unpaired) electrons. The van der Waals surface area contributed by atoms with Gasteiger partial charge in [-0.25, -0.2) is 4.98 Å². The lowest BCUT2D eigenvalue weighted by Gasteiger charge is -2.22. The van der Waals surface area contributed by atoms with Crippen LogP contribution in [-0.4, -0.2) is 41.7 Å². The predicted octanol–water partition coefficient (Wildman–Crippen LogP) is 4.20. The molecule has 1 aromatic heterocycles. The van der Waals surface area contributed by atoms with Gasteiger partial charge in [-0.3, -0.25) is 9.69 Å². The molecule has 0 saturated carbocycles. The molecule has 6 heteroatoms. The Morgan fingerprint density at radius 3 is 2.69 bits per heavy atom. The molecule has 1 atom stereocenters. The van der Waals surface area contributed by atoms with Crippen LogP contribution in [0.4, 0.5) is 0 Å². The number of hydrogen-bond acceptors (Lipinski definition) is 5. The zero-order valence-electron chi connectivity index (χ0n) is 15.0. The Hall–Kier alpha value is -1.89. The van der Waals surface area contributed by atoms with E-state index in [4.69, 9.17) is 4.98 Å². The molecule has 0 aliphatic carbocycles. The van der Waals surface area contributed by atoms with Gasteiger partial charge >= 0.3 is 0 Å². The van der Waals surface area contributed by atoms with Gasteiger partial charge in [-0.15, -0.1) is 23.1 Å². The summed E-state index contributed by atoms with van der Waals surface area (Å²) in [5.41, 5.74) is 1.02. The van der Waals surface area contributed by atoms with Crippen molar-refractivity contribution >= 4 is 39.2 Å². The zero-order valence-corrected chi connectivity index (χ0v) is 16.6. The zero-order chi connectivity index (χ0) is 18.4. The Morgan fingerprint density at radius 1 is 1.19 bits per heavy atom. The first kappa shape index (κ1) is 18.9. The second-order valence-corrected chi connectivity index (χ2v) is 8.35. The number of benzene rings is 2. The van der Waals surface area contributed by atoms with Crippen LogP contribution in [0.2, 0.25) is 0 Å². The molecule has 0 saturated heterocycles. The van der Waals surface area contributed by atoms with Gasteiger partial charge in [0.1, 0.15) is 5.01 Å². The van der Waals surface area contributed by atoms with E-state index < -0.39 is 0 Å². The molecule has 2 aromatic carbocycles. The molecule has 0 bridgehead atoms. The van der Waals surface area contributed by atoms with E-state index in [9.17, 15) is 4.79 Å². The van der Waals surface area contributed by atoms with Gasteiger partial charge in [-0.2, -0.15) is 0 Å². The maximum atomic E-state index is 12.2. The first-order valence-corrected chi connectivity index (χ1v) is 10.4. The highest BCUT2D eigenvalue weighted by Crippen LogP contribution is 2.28. The van der Waals surface area contributed by atoms with Crippen LogP contribution in [0.15, 0.2) is 59.5 Å². The average molecular weight is 386 g/mol. The van der Waals surface area contributed by atoms with Crippen molar-refractivity contribution in [2.45, 2.75) is 17.9 Å². The second kappa shape index (κ2) is 9.16. The molecule has 1 amide bonds. The van der Waals surface area contributed by atoms with E-state index in [-0.39, 0.29) is 11.9 Å². The molecule has 3 aromatic rings. The molecule has 4 nitrogen and oxygen atoms in total. The summed E-state index contributed by atoms with van der Waals surface area (Å²) in [6.07, 6.45) is 0. The molecule has 26 heavy (non-hydrogen) atoms. The van der Waals surface area contributed by atoms with Crippen LogP contribution in [0.5, 0.6) is 0 Å². The molecule has 136 valence electrons. The Labute approximate surface area is 162 Å². The summed E-state index contributed by atoms with van der Waals surface area (Å²) < 4.78 is 1.19. The molecule has 0 aliphatic rings. The van der Waals surface area contributed by atoms with Crippen molar-refractivity contribution in [3.05, 3.63) is 59.6 Å². The van der Waals surface area contributed by atoms with Gasteiger partial charge in [-0.1, -0.05) is 30.3 Å². The number of likely N-dealkylation sites (N-methyl/N-ethyl adjacent to an activating group) is 1. The van der Waals surface area contributed by atoms with Crippen LogP contribution < -0.4 is 5.32 Å². The van der Waals surface area contributed by atoms with E-state index in [0.29, 0.717) is 13.1 Å². The lowest BCUT2D eigenvalue weighted by molar-refractivity contribution is -0.122. The lowest BCUT2D eigenvalue weighted by atomic mass is 10.3. The van der Waals surface area contributed by atoms with Crippen molar-refractivity contribution in [2.24, 2.45) is 0 Å². The highest BCUT2D eigenvalue weighted by molar-refractivity contribution is 7.99. The standard InChI is InChI=1S/C20H23N3OS2/c1-15(20-22-17-10-6-7-11-18(17)26-20)23(2)14-19(24)21-12-13-25-16-8-4-3-5-9-16/h3-11,15H,12-14H2,1-2H3,(H,21,24)/t15-/m0/s1. The van der Waals surface area contributed by atoms with E-state index in [0.717, 1.165) is 16.3 Å². The fourth-order valence-electron chi connectivity index (χ4n) is 2.55. The number of hydrogen-bond donors (Lipinski definition) is 1. The summed E-state index contributed by atoms with van der Waals surface area (Å²) in [7, 11) is 1.97. The van der Waals surface area contributed by atoms with E-state index in [1.807, 2.05) is 48.3 Å². The summed E-state index contributed by atoms with van der Waals surface area (Å²) in [5, 5.41) is 4.04. The van der Waals surface area contributed by atoms with Crippen molar-refractivity contribution in [1.29, 1.82) is 0 Å². The number of amides is 1. The number of nitrogens with zero attached hydrogens (tertiary/aromatic N) is 2. The van der Waals surface area contributed by atoms with Crippen LogP contribution in [0, 0.1) is 0 Å².